The van der Waals surface area contributed by atoms with Crippen LogP contribution in [0.4, 0.5) is 15.8 Å². The van der Waals surface area contributed by atoms with Crippen molar-refractivity contribution in [3.8, 4) is 5.75 Å². The molecule has 7 heteroatoms. The highest BCUT2D eigenvalue weighted by Crippen LogP contribution is 2.28. The number of benzene rings is 2. The van der Waals surface area contributed by atoms with Crippen LogP contribution in [-0.4, -0.2) is 10.0 Å². The van der Waals surface area contributed by atoms with E-state index in [1.54, 1.807) is 18.2 Å². The summed E-state index contributed by atoms with van der Waals surface area (Å²) in [5.74, 6) is -1.13. The first kappa shape index (κ1) is 14.3. The van der Waals surface area contributed by atoms with Gasteiger partial charge in [0.15, 0.2) is 11.6 Å². The molecule has 0 amide bonds. The molecule has 2 rings (SSSR count). The molecule has 0 unspecified atom stereocenters. The van der Waals surface area contributed by atoms with Gasteiger partial charge in [0, 0.05) is 23.9 Å². The Kier molecular flexibility index (Phi) is 4.19. The normalized spacial score (nSPS) is 10.3. The number of nitrogens with zero attached hydrogens (tertiary/aromatic N) is 1. The van der Waals surface area contributed by atoms with Gasteiger partial charge >= 0.3 is 0 Å². The fraction of sp³-hybridized carbons (Fsp3) is 0.0769. The van der Waals surface area contributed by atoms with Gasteiger partial charge in [-0.2, -0.15) is 0 Å². The third kappa shape index (κ3) is 3.05. The molecule has 0 aromatic heterocycles. The Morgan fingerprint density at radius 2 is 2.10 bits per heavy atom. The molecule has 0 fully saturated rings. The molecule has 0 bridgehead atoms. The van der Waals surface area contributed by atoms with E-state index in [2.05, 4.69) is 21.2 Å². The van der Waals surface area contributed by atoms with Gasteiger partial charge in [0.05, 0.1) is 9.40 Å². The highest BCUT2D eigenvalue weighted by molar-refractivity contribution is 9.10. The van der Waals surface area contributed by atoms with E-state index in [1.165, 1.54) is 12.1 Å². The fourth-order valence-electron chi connectivity index (χ4n) is 1.66. The molecule has 0 aliphatic heterocycles. The maximum absolute atomic E-state index is 13.2. The predicted octanol–water partition coefficient (Wildman–Crippen LogP) is 3.81. The number of para-hydroxylation sites is 1. The molecule has 2 aromatic carbocycles. The summed E-state index contributed by atoms with van der Waals surface area (Å²) >= 11 is 3.09. The van der Waals surface area contributed by atoms with Gasteiger partial charge in [-0.05, 0) is 34.1 Å². The monoisotopic (exact) mass is 340 g/mol. The molecule has 2 N–H and O–H groups in total. The van der Waals surface area contributed by atoms with Crippen molar-refractivity contribution < 1.29 is 14.4 Å². The standard InChI is InChI=1S/C13H10BrFN2O3/c14-10-5-4-9(6-12(10)17(19)20)16-7-8-2-1-3-11(15)13(8)18/h1-6,16,18H,7H2. The van der Waals surface area contributed by atoms with E-state index in [9.17, 15) is 19.6 Å². The van der Waals surface area contributed by atoms with E-state index >= 15 is 0 Å². The van der Waals surface area contributed by atoms with Gasteiger partial charge in [-0.1, -0.05) is 12.1 Å². The van der Waals surface area contributed by atoms with Crippen LogP contribution in [0.1, 0.15) is 5.56 Å². The lowest BCUT2D eigenvalue weighted by Crippen LogP contribution is -2.01. The minimum absolute atomic E-state index is 0.0709. The number of phenolic OH excluding ortho intramolecular Hbond substituents is 1. The van der Waals surface area contributed by atoms with Crippen LogP contribution in [-0.2, 0) is 6.54 Å². The Bertz CT molecular complexity index is 664. The molecule has 0 spiro atoms. The summed E-state index contributed by atoms with van der Waals surface area (Å²) in [6.07, 6.45) is 0. The van der Waals surface area contributed by atoms with Gasteiger partial charge in [-0.15, -0.1) is 0 Å². The van der Waals surface area contributed by atoms with Crippen molar-refractivity contribution in [1.82, 2.24) is 0 Å². The number of nitro benzene ring substituents is 1. The number of nitro groups is 1. The maximum Gasteiger partial charge on any atom is 0.285 e. The number of nitrogens with one attached hydrogen (secondary N) is 1. The third-order valence-electron chi connectivity index (χ3n) is 2.70. The SMILES string of the molecule is O=[N+]([O-])c1cc(NCc2cccc(F)c2O)ccc1Br. The van der Waals surface area contributed by atoms with Crippen molar-refractivity contribution in [3.63, 3.8) is 0 Å². The van der Waals surface area contributed by atoms with Crippen LogP contribution in [0.25, 0.3) is 0 Å². The topological polar surface area (TPSA) is 75.4 Å². The first-order chi connectivity index (χ1) is 9.49. The van der Waals surface area contributed by atoms with E-state index in [0.717, 1.165) is 6.07 Å². The lowest BCUT2D eigenvalue weighted by Gasteiger charge is -2.09. The molecule has 0 aliphatic rings. The first-order valence-corrected chi connectivity index (χ1v) is 6.42. The molecular formula is C13H10BrFN2O3. The summed E-state index contributed by atoms with van der Waals surface area (Å²) in [5.41, 5.74) is 0.803. The quantitative estimate of drug-likeness (QED) is 0.655. The van der Waals surface area contributed by atoms with Crippen LogP contribution in [0.3, 0.4) is 0 Å². The summed E-state index contributed by atoms with van der Waals surface area (Å²) in [4.78, 5) is 10.3. The predicted molar refractivity (Wildman–Crippen MR) is 76.2 cm³/mol. The summed E-state index contributed by atoms with van der Waals surface area (Å²) in [6.45, 7) is 0.155. The summed E-state index contributed by atoms with van der Waals surface area (Å²) in [5, 5.41) is 23.2. The molecule has 0 saturated heterocycles. The van der Waals surface area contributed by atoms with E-state index in [1.807, 2.05) is 0 Å². The lowest BCUT2D eigenvalue weighted by molar-refractivity contribution is -0.385. The summed E-state index contributed by atoms with van der Waals surface area (Å²) in [6, 6.07) is 8.76. The Morgan fingerprint density at radius 3 is 2.80 bits per heavy atom. The van der Waals surface area contributed by atoms with E-state index in [4.69, 9.17) is 0 Å². The third-order valence-corrected chi connectivity index (χ3v) is 3.37. The minimum Gasteiger partial charge on any atom is -0.505 e. The van der Waals surface area contributed by atoms with Crippen LogP contribution in [0.2, 0.25) is 0 Å². The van der Waals surface area contributed by atoms with Crippen molar-refractivity contribution in [1.29, 1.82) is 0 Å². The number of aromatic hydroxyl groups is 1. The largest absolute Gasteiger partial charge is 0.505 e. The molecule has 0 aliphatic carbocycles. The van der Waals surface area contributed by atoms with Gasteiger partial charge in [0.25, 0.3) is 5.69 Å². The molecular weight excluding hydrogens is 331 g/mol. The van der Waals surface area contributed by atoms with E-state index in [0.29, 0.717) is 15.7 Å². The number of hydrogen-bond donors (Lipinski definition) is 2. The molecule has 0 saturated carbocycles. The molecule has 0 atom stereocenters. The second kappa shape index (κ2) is 5.87. The molecule has 5 nitrogen and oxygen atoms in total. The zero-order valence-corrected chi connectivity index (χ0v) is 11.7. The minimum atomic E-state index is -0.703. The average Bonchev–Trinajstić information content (AvgIpc) is 2.41. The molecule has 104 valence electrons. The molecule has 0 heterocycles. The highest BCUT2D eigenvalue weighted by Gasteiger charge is 2.12. The van der Waals surface area contributed by atoms with Gasteiger partial charge in [0.2, 0.25) is 0 Å². The molecule has 2 aromatic rings. The molecule has 0 radical (unpaired) electrons. The van der Waals surface area contributed by atoms with Crippen LogP contribution < -0.4 is 5.32 Å². The maximum atomic E-state index is 13.2. The average molecular weight is 341 g/mol. The van der Waals surface area contributed by atoms with Crippen LogP contribution in [0, 0.1) is 15.9 Å². The first-order valence-electron chi connectivity index (χ1n) is 5.63. The van der Waals surface area contributed by atoms with Gasteiger partial charge < -0.3 is 10.4 Å². The van der Waals surface area contributed by atoms with Crippen molar-refractivity contribution >= 4 is 27.3 Å². The number of anilines is 1. The Labute approximate surface area is 122 Å². The molecule has 20 heavy (non-hydrogen) atoms. The summed E-state index contributed by atoms with van der Waals surface area (Å²) in [7, 11) is 0. The van der Waals surface area contributed by atoms with Gasteiger partial charge in [-0.25, -0.2) is 4.39 Å². The van der Waals surface area contributed by atoms with E-state index < -0.39 is 16.5 Å². The number of hydrogen-bond acceptors (Lipinski definition) is 4. The van der Waals surface area contributed by atoms with Crippen LogP contribution in [0.5, 0.6) is 5.75 Å². The second-order valence-electron chi connectivity index (χ2n) is 4.02. The Balaban J connectivity index is 2.17. The van der Waals surface area contributed by atoms with Crippen molar-refractivity contribution in [2.24, 2.45) is 0 Å². The lowest BCUT2D eigenvalue weighted by atomic mass is 10.2. The van der Waals surface area contributed by atoms with Crippen molar-refractivity contribution in [3.05, 3.63) is 62.4 Å². The highest BCUT2D eigenvalue weighted by atomic mass is 79.9. The smallest absolute Gasteiger partial charge is 0.285 e. The van der Waals surface area contributed by atoms with Gasteiger partial charge in [-0.3, -0.25) is 10.1 Å². The zero-order valence-electron chi connectivity index (χ0n) is 10.1. The zero-order chi connectivity index (χ0) is 14.7. The van der Waals surface area contributed by atoms with Crippen LogP contribution in [0.15, 0.2) is 40.9 Å². The van der Waals surface area contributed by atoms with E-state index in [-0.39, 0.29) is 12.2 Å². The Morgan fingerprint density at radius 1 is 1.35 bits per heavy atom. The Hall–Kier alpha value is -2.15. The van der Waals surface area contributed by atoms with Crippen molar-refractivity contribution in [2.45, 2.75) is 6.54 Å². The summed E-state index contributed by atoms with van der Waals surface area (Å²) < 4.78 is 13.5. The van der Waals surface area contributed by atoms with Crippen molar-refractivity contribution in [2.75, 3.05) is 5.32 Å². The number of phenols is 1. The second-order valence-corrected chi connectivity index (χ2v) is 4.88. The number of rotatable bonds is 4. The number of halogens is 2. The van der Waals surface area contributed by atoms with Gasteiger partial charge in [0.1, 0.15) is 0 Å². The van der Waals surface area contributed by atoms with Crippen LogP contribution >= 0.6 is 15.9 Å². The fourth-order valence-corrected chi connectivity index (χ4v) is 2.05.